The van der Waals surface area contributed by atoms with Crippen molar-refractivity contribution < 1.29 is 35.5 Å². The highest BCUT2D eigenvalue weighted by atomic mass is 79.9. The molecule has 0 aliphatic heterocycles. The van der Waals surface area contributed by atoms with Crippen LogP contribution in [0.2, 0.25) is 0 Å². The third-order valence-corrected chi connectivity index (χ3v) is 7.24. The molecular weight excluding hydrogens is 633 g/mol. The highest BCUT2D eigenvalue weighted by Crippen LogP contribution is 2.36. The summed E-state index contributed by atoms with van der Waals surface area (Å²) in [6.45, 7) is 2.78. The maximum absolute atomic E-state index is 14.3. The number of rotatable bonds is 11. The van der Waals surface area contributed by atoms with E-state index in [-0.39, 0.29) is 28.9 Å². The maximum atomic E-state index is 14.3. The Morgan fingerprint density at radius 2 is 1.67 bits per heavy atom. The summed E-state index contributed by atoms with van der Waals surface area (Å²) < 4.78 is 96.3. The molecule has 4 rings (SSSR count). The third kappa shape index (κ3) is 6.89. The second-order valence-electron chi connectivity index (χ2n) is 9.42. The van der Waals surface area contributed by atoms with Gasteiger partial charge >= 0.3 is 0 Å². The maximum Gasteiger partial charge on any atom is 0.283 e. The van der Waals surface area contributed by atoms with Crippen molar-refractivity contribution in [1.29, 1.82) is 0 Å². The van der Waals surface area contributed by atoms with Gasteiger partial charge in [-0.25, -0.2) is 30.7 Å². The number of nitrogens with two attached hydrogens (primary N) is 1. The van der Waals surface area contributed by atoms with Crippen LogP contribution in [-0.2, 0) is 17.8 Å². The standard InChI is InChI=1S/C29H22BrF7N4O/c1-14(38)22-11-16(4-5-23(22)33)21-3-2-6-39-25(21)17(7-15-8-18(31)12-19(32)9-15)10-20(42)13-41-27(29(36)37)24(30)26(40-41)28(34)35/h2-6,8-9,11-12,17,28-29H,1,7,10,13,38H2/t17-/m1/s1. The Balaban J connectivity index is 1.76. The minimum Gasteiger partial charge on any atom is -0.399 e. The van der Waals surface area contributed by atoms with Crippen molar-refractivity contribution in [3.8, 4) is 11.1 Å². The lowest BCUT2D eigenvalue weighted by Crippen LogP contribution is -2.19. The summed E-state index contributed by atoms with van der Waals surface area (Å²) in [5.74, 6) is -3.91. The van der Waals surface area contributed by atoms with E-state index in [1.165, 1.54) is 24.4 Å². The number of hydrogen-bond acceptors (Lipinski definition) is 4. The van der Waals surface area contributed by atoms with Gasteiger partial charge in [-0.2, -0.15) is 5.10 Å². The molecule has 4 aromatic rings. The van der Waals surface area contributed by atoms with Crippen molar-refractivity contribution in [3.05, 3.63) is 111 Å². The van der Waals surface area contributed by atoms with E-state index in [1.807, 2.05) is 0 Å². The first-order chi connectivity index (χ1) is 19.8. The molecule has 13 heteroatoms. The Hall–Kier alpha value is -4.00. The Morgan fingerprint density at radius 3 is 2.29 bits per heavy atom. The molecule has 2 heterocycles. The Bertz CT molecular complexity index is 1620. The van der Waals surface area contributed by atoms with Crippen LogP contribution in [0.5, 0.6) is 0 Å². The molecule has 0 aliphatic carbocycles. The largest absolute Gasteiger partial charge is 0.399 e. The van der Waals surface area contributed by atoms with E-state index in [0.29, 0.717) is 21.9 Å². The van der Waals surface area contributed by atoms with Crippen LogP contribution in [0.25, 0.3) is 16.8 Å². The van der Waals surface area contributed by atoms with Crippen molar-refractivity contribution in [2.45, 2.75) is 38.2 Å². The van der Waals surface area contributed by atoms with Crippen molar-refractivity contribution in [2.75, 3.05) is 0 Å². The number of aromatic nitrogens is 3. The van der Waals surface area contributed by atoms with Crippen LogP contribution in [-0.4, -0.2) is 20.5 Å². The number of carbonyl (C=O) groups is 1. The van der Waals surface area contributed by atoms with Crippen LogP contribution in [0.3, 0.4) is 0 Å². The van der Waals surface area contributed by atoms with Gasteiger partial charge < -0.3 is 5.73 Å². The molecule has 42 heavy (non-hydrogen) atoms. The molecule has 0 amide bonds. The summed E-state index contributed by atoms with van der Waals surface area (Å²) in [6, 6.07) is 10.1. The minimum absolute atomic E-state index is 0.0285. The first-order valence-corrected chi connectivity index (χ1v) is 13.1. The molecule has 0 saturated heterocycles. The second kappa shape index (κ2) is 12.9. The Kier molecular flexibility index (Phi) is 9.50. The van der Waals surface area contributed by atoms with E-state index in [9.17, 15) is 35.5 Å². The van der Waals surface area contributed by atoms with Crippen LogP contribution in [0.4, 0.5) is 30.7 Å². The Morgan fingerprint density at radius 1 is 0.976 bits per heavy atom. The first-order valence-electron chi connectivity index (χ1n) is 12.3. The van der Waals surface area contributed by atoms with E-state index < -0.39 is 70.8 Å². The monoisotopic (exact) mass is 654 g/mol. The predicted octanol–water partition coefficient (Wildman–Crippen LogP) is 7.92. The highest BCUT2D eigenvalue weighted by Gasteiger charge is 2.29. The topological polar surface area (TPSA) is 73.8 Å². The molecule has 0 bridgehead atoms. The van der Waals surface area contributed by atoms with Gasteiger partial charge in [0.2, 0.25) is 0 Å². The fourth-order valence-electron chi connectivity index (χ4n) is 4.65. The number of halogens is 8. The van der Waals surface area contributed by atoms with Gasteiger partial charge in [0.15, 0.2) is 5.78 Å². The molecule has 0 unspecified atom stereocenters. The number of alkyl halides is 4. The van der Waals surface area contributed by atoms with Crippen molar-refractivity contribution in [3.63, 3.8) is 0 Å². The van der Waals surface area contributed by atoms with Crippen molar-refractivity contribution in [2.24, 2.45) is 5.73 Å². The number of benzene rings is 2. The molecule has 1 atom stereocenters. The molecule has 5 nitrogen and oxygen atoms in total. The zero-order valence-electron chi connectivity index (χ0n) is 21.6. The summed E-state index contributed by atoms with van der Waals surface area (Å²) in [7, 11) is 0. The SMILES string of the molecule is C=C(N)c1cc(-c2cccnc2[C@@H](CC(=O)Cn2nc(C(F)F)c(Br)c2C(F)F)Cc2cc(F)cc(F)c2)ccc1F. The van der Waals surface area contributed by atoms with E-state index in [0.717, 1.165) is 12.1 Å². The third-order valence-electron chi connectivity index (χ3n) is 6.42. The molecule has 0 aliphatic rings. The van der Waals surface area contributed by atoms with Gasteiger partial charge in [0, 0.05) is 41.4 Å². The van der Waals surface area contributed by atoms with Gasteiger partial charge in [0.05, 0.1) is 10.2 Å². The van der Waals surface area contributed by atoms with E-state index in [1.54, 1.807) is 12.1 Å². The number of pyridine rings is 1. The minimum atomic E-state index is -3.22. The molecule has 0 saturated carbocycles. The second-order valence-corrected chi connectivity index (χ2v) is 10.2. The highest BCUT2D eigenvalue weighted by molar-refractivity contribution is 9.10. The number of Topliss-reactive ketones (excluding diaryl/α,β-unsaturated/α-hetero) is 1. The summed E-state index contributed by atoms with van der Waals surface area (Å²) >= 11 is 2.72. The van der Waals surface area contributed by atoms with Gasteiger partial charge in [-0.1, -0.05) is 18.7 Å². The van der Waals surface area contributed by atoms with Gasteiger partial charge in [0.25, 0.3) is 12.9 Å². The molecule has 220 valence electrons. The summed E-state index contributed by atoms with van der Waals surface area (Å²) in [5.41, 5.74) is 5.21. The first kappa shape index (κ1) is 30.9. The van der Waals surface area contributed by atoms with Gasteiger partial charge in [-0.05, 0) is 63.8 Å². The van der Waals surface area contributed by atoms with Gasteiger partial charge in [-0.15, -0.1) is 0 Å². The molecule has 2 N–H and O–H groups in total. The van der Waals surface area contributed by atoms with E-state index in [4.69, 9.17) is 5.73 Å². The smallest absolute Gasteiger partial charge is 0.283 e. The number of nitrogens with zero attached hydrogens (tertiary/aromatic N) is 3. The molecule has 2 aromatic heterocycles. The fourth-order valence-corrected chi connectivity index (χ4v) is 5.28. The van der Waals surface area contributed by atoms with Crippen LogP contribution in [0, 0.1) is 17.5 Å². The van der Waals surface area contributed by atoms with Crippen LogP contribution in [0.15, 0.2) is 65.8 Å². The quantitative estimate of drug-likeness (QED) is 0.167. The lowest BCUT2D eigenvalue weighted by molar-refractivity contribution is -0.120. The normalized spacial score (nSPS) is 12.2. The average molecular weight is 655 g/mol. The van der Waals surface area contributed by atoms with E-state index in [2.05, 4.69) is 32.6 Å². The molecule has 2 aromatic carbocycles. The molecular formula is C29H22BrF7N4O. The van der Waals surface area contributed by atoms with Gasteiger partial charge in [-0.3, -0.25) is 14.5 Å². The lowest BCUT2D eigenvalue weighted by atomic mass is 9.86. The predicted molar refractivity (Wildman–Crippen MR) is 145 cm³/mol. The van der Waals surface area contributed by atoms with Crippen LogP contribution in [0.1, 0.15) is 53.4 Å². The number of ketones is 1. The fraction of sp³-hybridized carbons (Fsp3) is 0.207. The summed E-state index contributed by atoms with van der Waals surface area (Å²) in [5, 5.41) is 3.51. The van der Waals surface area contributed by atoms with Gasteiger partial charge in [0.1, 0.15) is 35.4 Å². The van der Waals surface area contributed by atoms with Crippen molar-refractivity contribution >= 4 is 27.4 Å². The number of hydrogen-bond donors (Lipinski definition) is 1. The lowest BCUT2D eigenvalue weighted by Gasteiger charge is -2.20. The zero-order chi connectivity index (χ0) is 30.7. The summed E-state index contributed by atoms with van der Waals surface area (Å²) in [6.07, 6.45) is -5.49. The summed E-state index contributed by atoms with van der Waals surface area (Å²) in [4.78, 5) is 17.7. The van der Waals surface area contributed by atoms with Crippen molar-refractivity contribution in [1.82, 2.24) is 14.8 Å². The van der Waals surface area contributed by atoms with E-state index >= 15 is 0 Å². The molecule has 0 spiro atoms. The van der Waals surface area contributed by atoms with Crippen LogP contribution < -0.4 is 5.73 Å². The average Bonchev–Trinajstić information content (AvgIpc) is 3.23. The molecule has 0 radical (unpaired) electrons. The Labute approximate surface area is 244 Å². The molecule has 0 fully saturated rings. The van der Waals surface area contributed by atoms with Crippen LogP contribution >= 0.6 is 15.9 Å². The number of carbonyl (C=O) groups excluding carboxylic acids is 1. The zero-order valence-corrected chi connectivity index (χ0v) is 23.2.